The van der Waals surface area contributed by atoms with Gasteiger partial charge in [0.05, 0.1) is 28.5 Å². The Bertz CT molecular complexity index is 1610. The number of halogens is 5. The lowest BCUT2D eigenvalue weighted by atomic mass is 9.56. The van der Waals surface area contributed by atoms with Crippen molar-refractivity contribution in [3.63, 3.8) is 0 Å². The predicted octanol–water partition coefficient (Wildman–Crippen LogP) is 7.06. The highest BCUT2D eigenvalue weighted by molar-refractivity contribution is 6.33. The monoisotopic (exact) mass is 617 g/mol. The summed E-state index contributed by atoms with van der Waals surface area (Å²) in [6.07, 6.45) is -0.539. The molecule has 12 heteroatoms. The second-order valence-electron chi connectivity index (χ2n) is 9.81. The number of aromatic nitrogens is 1. The predicted molar refractivity (Wildman–Crippen MR) is 151 cm³/mol. The van der Waals surface area contributed by atoms with Crippen LogP contribution in [-0.4, -0.2) is 33.5 Å². The van der Waals surface area contributed by atoms with E-state index >= 15 is 0 Å². The number of ether oxygens (including phenoxy) is 1. The number of amides is 2. The lowest BCUT2D eigenvalue weighted by Crippen LogP contribution is -2.48. The van der Waals surface area contributed by atoms with Crippen molar-refractivity contribution in [1.29, 1.82) is 0 Å². The number of fused-ring (bicyclic) bond motifs is 1. The van der Waals surface area contributed by atoms with Crippen LogP contribution in [0.1, 0.15) is 36.0 Å². The Hall–Kier alpha value is -4.02. The number of phenolic OH excluding ortho intramolecular Hbond substituents is 1. The van der Waals surface area contributed by atoms with E-state index in [9.17, 15) is 27.9 Å². The number of nitrogens with zero attached hydrogens (tertiary/aromatic N) is 2. The molecule has 2 N–H and O–H groups in total. The van der Waals surface area contributed by atoms with Gasteiger partial charge in [0.15, 0.2) is 17.3 Å². The van der Waals surface area contributed by atoms with E-state index in [-0.39, 0.29) is 30.3 Å². The quantitative estimate of drug-likeness (QED) is 0.276. The fraction of sp³-hybridized carbons (Fsp3) is 0.233. The van der Waals surface area contributed by atoms with Crippen LogP contribution in [0.3, 0.4) is 0 Å². The van der Waals surface area contributed by atoms with Crippen molar-refractivity contribution >= 4 is 40.8 Å². The molecule has 2 aliphatic rings. The Balaban J connectivity index is 1.69. The Kier molecular flexibility index (Phi) is 7.72. The molecule has 0 unspecified atom stereocenters. The molecule has 1 aliphatic carbocycles. The van der Waals surface area contributed by atoms with Crippen LogP contribution in [0.5, 0.6) is 11.5 Å². The number of benzene rings is 2. The van der Waals surface area contributed by atoms with Gasteiger partial charge in [-0.1, -0.05) is 60.1 Å². The van der Waals surface area contributed by atoms with E-state index in [0.717, 1.165) is 5.01 Å². The summed E-state index contributed by atoms with van der Waals surface area (Å²) in [6, 6.07) is 11.9. The summed E-state index contributed by atoms with van der Waals surface area (Å²) in [7, 11) is 0. The molecular formula is C30H24Cl2F3N3O4. The minimum Gasteiger partial charge on any atom is -0.504 e. The molecule has 1 saturated heterocycles. The number of hydrogen-bond donors (Lipinski definition) is 2. The number of alkyl halides is 3. The van der Waals surface area contributed by atoms with Gasteiger partial charge in [-0.15, -0.1) is 0 Å². The third kappa shape index (κ3) is 4.78. The average molecular weight is 618 g/mol. The Morgan fingerprint density at radius 1 is 1.19 bits per heavy atom. The third-order valence-electron chi connectivity index (χ3n) is 7.56. The highest BCUT2D eigenvalue weighted by atomic mass is 35.5. The van der Waals surface area contributed by atoms with Crippen molar-refractivity contribution < 1.29 is 32.6 Å². The highest BCUT2D eigenvalue weighted by Gasteiger charge is 2.66. The third-order valence-corrected chi connectivity index (χ3v) is 8.10. The van der Waals surface area contributed by atoms with Gasteiger partial charge in [-0.3, -0.25) is 15.0 Å². The maximum absolute atomic E-state index is 14.6. The summed E-state index contributed by atoms with van der Waals surface area (Å²) in [5.74, 6) is -3.23. The zero-order chi connectivity index (χ0) is 30.4. The van der Waals surface area contributed by atoms with Crippen molar-refractivity contribution in [3.05, 3.63) is 106 Å². The number of imide groups is 1. The number of pyridine rings is 1. The minimum absolute atomic E-state index is 0.0993. The summed E-state index contributed by atoms with van der Waals surface area (Å²) in [5, 5.41) is 11.1. The highest BCUT2D eigenvalue weighted by Crippen LogP contribution is 2.58. The van der Waals surface area contributed by atoms with Gasteiger partial charge < -0.3 is 9.84 Å². The lowest BCUT2D eigenvalue weighted by Gasteiger charge is -2.43. The van der Waals surface area contributed by atoms with Crippen molar-refractivity contribution in [3.8, 4) is 11.5 Å². The summed E-state index contributed by atoms with van der Waals surface area (Å²) in [4.78, 5) is 32.4. The van der Waals surface area contributed by atoms with Gasteiger partial charge in [-0.2, -0.15) is 18.2 Å². The maximum Gasteiger partial charge on any atom is 0.417 e. The number of carbonyl (C=O) groups excluding carboxylic acids is 2. The zero-order valence-electron chi connectivity index (χ0n) is 22.1. The minimum atomic E-state index is -4.69. The van der Waals surface area contributed by atoms with E-state index in [1.807, 2.05) is 6.08 Å². The molecule has 7 nitrogen and oxygen atoms in total. The van der Waals surface area contributed by atoms with Gasteiger partial charge in [-0.05, 0) is 60.4 Å². The molecule has 0 saturated carbocycles. The van der Waals surface area contributed by atoms with Crippen LogP contribution in [-0.2, 0) is 21.2 Å². The topological polar surface area (TPSA) is 91.8 Å². The smallest absolute Gasteiger partial charge is 0.417 e. The molecule has 3 aromatic rings. The number of rotatable bonds is 7. The Morgan fingerprint density at radius 2 is 1.90 bits per heavy atom. The maximum atomic E-state index is 14.6. The van der Waals surface area contributed by atoms with E-state index in [1.54, 1.807) is 49.4 Å². The van der Waals surface area contributed by atoms with Gasteiger partial charge in [-0.25, -0.2) is 4.98 Å². The van der Waals surface area contributed by atoms with E-state index in [1.165, 1.54) is 6.07 Å². The fourth-order valence-corrected chi connectivity index (χ4v) is 6.11. The number of anilines is 1. The molecule has 1 fully saturated rings. The van der Waals surface area contributed by atoms with Crippen molar-refractivity contribution in [1.82, 2.24) is 9.99 Å². The number of aromatic hydroxyl groups is 1. The molecular weight excluding hydrogens is 594 g/mol. The molecule has 1 aromatic heterocycles. The molecule has 1 aliphatic heterocycles. The van der Waals surface area contributed by atoms with Crippen LogP contribution < -0.4 is 10.2 Å². The molecule has 3 atom stereocenters. The van der Waals surface area contributed by atoms with Gasteiger partial charge in [0, 0.05) is 17.1 Å². The van der Waals surface area contributed by atoms with Gasteiger partial charge in [0.2, 0.25) is 0 Å². The first-order valence-corrected chi connectivity index (χ1v) is 13.6. The van der Waals surface area contributed by atoms with Gasteiger partial charge in [0.1, 0.15) is 0 Å². The van der Waals surface area contributed by atoms with Crippen LogP contribution in [0.2, 0.25) is 10.0 Å². The number of phenols is 1. The second kappa shape index (κ2) is 11.0. The second-order valence-corrected chi connectivity index (χ2v) is 10.7. The van der Waals surface area contributed by atoms with Crippen LogP contribution in [0.25, 0.3) is 0 Å². The Labute approximate surface area is 249 Å². The fourth-order valence-electron chi connectivity index (χ4n) is 5.77. The lowest BCUT2D eigenvalue weighted by molar-refractivity contribution is -0.139. The summed E-state index contributed by atoms with van der Waals surface area (Å²) in [5.41, 5.74) is 1.65. The van der Waals surface area contributed by atoms with Crippen molar-refractivity contribution in [2.24, 2.45) is 5.92 Å². The largest absolute Gasteiger partial charge is 0.504 e. The van der Waals surface area contributed by atoms with E-state index < -0.39 is 45.8 Å². The first-order chi connectivity index (χ1) is 19.9. The first kappa shape index (κ1) is 29.5. The number of carbonyl (C=O) groups is 2. The number of allylic oxidation sites excluding steroid dienone is 3. The summed E-state index contributed by atoms with van der Waals surface area (Å²) >= 11 is 12.3. The molecule has 218 valence electrons. The van der Waals surface area contributed by atoms with E-state index in [0.29, 0.717) is 34.0 Å². The zero-order valence-corrected chi connectivity index (χ0v) is 23.6. The van der Waals surface area contributed by atoms with Crippen molar-refractivity contribution in [2.75, 3.05) is 12.0 Å². The molecule has 0 radical (unpaired) electrons. The molecule has 0 bridgehead atoms. The molecule has 0 spiro atoms. The van der Waals surface area contributed by atoms with E-state index in [4.69, 9.17) is 27.9 Å². The van der Waals surface area contributed by atoms with Crippen molar-refractivity contribution in [2.45, 2.75) is 30.9 Å². The first-order valence-electron chi connectivity index (χ1n) is 12.9. The van der Waals surface area contributed by atoms with E-state index in [2.05, 4.69) is 17.0 Å². The normalized spacial score (nSPS) is 22.0. The van der Waals surface area contributed by atoms with Crippen LogP contribution in [0.4, 0.5) is 19.0 Å². The van der Waals surface area contributed by atoms with Crippen LogP contribution >= 0.6 is 23.2 Å². The number of hydrogen-bond acceptors (Lipinski definition) is 6. The molecule has 2 heterocycles. The average Bonchev–Trinajstić information content (AvgIpc) is 3.16. The molecule has 2 amide bonds. The summed E-state index contributed by atoms with van der Waals surface area (Å²) in [6.45, 7) is 5.98. The summed E-state index contributed by atoms with van der Waals surface area (Å²) < 4.78 is 45.2. The Morgan fingerprint density at radius 3 is 2.52 bits per heavy atom. The van der Waals surface area contributed by atoms with Crippen LogP contribution in [0, 0.1) is 5.92 Å². The molecule has 5 rings (SSSR count). The standard InChI is InChI=1S/C30H24Cl2F3N3O4/c1-3-16-5-11-21-27(40)38(37-26-22(32)14-19(15-36-26)30(33,34)35)28(41)29(21,18-7-9-20(31)10-8-18)25(16)17-6-12-23(39)24(13-17)42-4-2/h3,5-10,12-15,21,25,39H,1,4,11H2,2H3,(H,36,37)/t21-,25+,29+/m0/s1. The number of nitrogens with one attached hydrogen (secondary N) is 1. The van der Waals surface area contributed by atoms with Gasteiger partial charge >= 0.3 is 6.18 Å². The van der Waals surface area contributed by atoms with Gasteiger partial charge in [0.25, 0.3) is 11.8 Å². The molecule has 42 heavy (non-hydrogen) atoms. The SMILES string of the molecule is C=CC1=CC[C@H]2C(=O)N(Nc3ncc(C(F)(F)F)cc3Cl)C(=O)[C@@]2(c2ccc(Cl)cc2)[C@H]1c1ccc(O)c(OCC)c1. The van der Waals surface area contributed by atoms with Crippen LogP contribution in [0.15, 0.2) is 79.0 Å². The molecule has 2 aromatic carbocycles. The number of hydrazine groups is 1.